The van der Waals surface area contributed by atoms with Crippen molar-refractivity contribution in [3.05, 3.63) is 69.0 Å². The van der Waals surface area contributed by atoms with Crippen LogP contribution in [0.1, 0.15) is 54.8 Å². The van der Waals surface area contributed by atoms with Crippen LogP contribution < -0.4 is 15.0 Å². The highest BCUT2D eigenvalue weighted by molar-refractivity contribution is 7.10. The lowest BCUT2D eigenvalue weighted by Crippen LogP contribution is -2.47. The van der Waals surface area contributed by atoms with E-state index in [0.717, 1.165) is 41.2 Å². The fraction of sp³-hybridized carbons (Fsp3) is 0.385. The lowest BCUT2D eigenvalue weighted by atomic mass is 9.95. The lowest BCUT2D eigenvalue weighted by Gasteiger charge is -2.33. The second kappa shape index (κ2) is 11.5. The van der Waals surface area contributed by atoms with Crippen LogP contribution >= 0.6 is 22.7 Å². The molecule has 1 fully saturated rings. The number of amides is 2. The van der Waals surface area contributed by atoms with E-state index in [9.17, 15) is 9.59 Å². The van der Waals surface area contributed by atoms with Gasteiger partial charge in [-0.05, 0) is 66.9 Å². The Kier molecular flexibility index (Phi) is 8.18. The number of benzene rings is 1. The van der Waals surface area contributed by atoms with Gasteiger partial charge in [0.15, 0.2) is 0 Å². The summed E-state index contributed by atoms with van der Waals surface area (Å²) >= 11 is 3.06. The number of hydrogen-bond donors (Lipinski definition) is 1. The SMILES string of the molecule is CCOc1ccc(N(C(=O)Cc2cccs2)[C@H](C(=O)NC2CCCCC2)c2cccs2)cc1. The van der Waals surface area contributed by atoms with Crippen molar-refractivity contribution in [2.45, 2.75) is 57.5 Å². The largest absolute Gasteiger partial charge is 0.494 e. The molecule has 0 bridgehead atoms. The van der Waals surface area contributed by atoms with Crippen molar-refractivity contribution in [1.82, 2.24) is 5.32 Å². The molecule has 0 aliphatic heterocycles. The number of hydrogen-bond acceptors (Lipinski definition) is 5. The number of ether oxygens (including phenoxy) is 1. The molecule has 1 saturated carbocycles. The van der Waals surface area contributed by atoms with E-state index < -0.39 is 6.04 Å². The summed E-state index contributed by atoms with van der Waals surface area (Å²) in [6, 6.07) is 14.7. The molecule has 4 rings (SSSR count). The third-order valence-electron chi connectivity index (χ3n) is 5.87. The summed E-state index contributed by atoms with van der Waals surface area (Å²) < 4.78 is 5.59. The van der Waals surface area contributed by atoms with E-state index in [-0.39, 0.29) is 24.3 Å². The van der Waals surface area contributed by atoms with Gasteiger partial charge in [0.25, 0.3) is 0 Å². The zero-order chi connectivity index (χ0) is 23.0. The maximum atomic E-state index is 13.7. The second-order valence-electron chi connectivity index (χ2n) is 8.21. The van der Waals surface area contributed by atoms with Crippen LogP contribution in [-0.2, 0) is 16.0 Å². The van der Waals surface area contributed by atoms with Crippen LogP contribution in [0.15, 0.2) is 59.3 Å². The van der Waals surface area contributed by atoms with Crippen molar-refractivity contribution in [3.63, 3.8) is 0 Å². The van der Waals surface area contributed by atoms with E-state index in [0.29, 0.717) is 12.3 Å². The molecule has 1 aromatic carbocycles. The quantitative estimate of drug-likeness (QED) is 0.408. The molecule has 0 radical (unpaired) electrons. The van der Waals surface area contributed by atoms with E-state index in [2.05, 4.69) is 5.32 Å². The Morgan fingerprint density at radius 2 is 1.76 bits per heavy atom. The Morgan fingerprint density at radius 1 is 1.03 bits per heavy atom. The molecule has 1 aliphatic rings. The van der Waals surface area contributed by atoms with E-state index in [1.807, 2.05) is 66.2 Å². The van der Waals surface area contributed by atoms with Gasteiger partial charge in [0.1, 0.15) is 11.8 Å². The molecule has 0 saturated heterocycles. The molecule has 5 nitrogen and oxygen atoms in total. The Hall–Kier alpha value is -2.64. The zero-order valence-electron chi connectivity index (χ0n) is 18.9. The smallest absolute Gasteiger partial charge is 0.248 e. The molecule has 2 heterocycles. The highest BCUT2D eigenvalue weighted by Gasteiger charge is 2.34. The molecular weight excluding hydrogens is 452 g/mol. The fourth-order valence-corrected chi connectivity index (χ4v) is 5.81. The van der Waals surface area contributed by atoms with E-state index in [1.54, 1.807) is 16.2 Å². The first-order chi connectivity index (χ1) is 16.2. The van der Waals surface area contributed by atoms with Crippen LogP contribution in [0.4, 0.5) is 5.69 Å². The third kappa shape index (κ3) is 6.03. The number of carbonyl (C=O) groups excluding carboxylic acids is 2. The standard InChI is InChI=1S/C26H30N2O3S2/c1-2-31-21-14-12-20(13-15-21)28(24(29)18-22-10-6-16-32-22)25(23-11-7-17-33-23)26(30)27-19-8-4-3-5-9-19/h6-7,10-17,19,25H,2-5,8-9,18H2,1H3,(H,27,30)/t25-/m0/s1. The average molecular weight is 483 g/mol. The van der Waals surface area contributed by atoms with E-state index in [4.69, 9.17) is 4.74 Å². The number of anilines is 1. The van der Waals surface area contributed by atoms with Crippen molar-refractivity contribution >= 4 is 40.2 Å². The minimum Gasteiger partial charge on any atom is -0.494 e. The number of nitrogens with zero attached hydrogens (tertiary/aromatic N) is 1. The Balaban J connectivity index is 1.68. The summed E-state index contributed by atoms with van der Waals surface area (Å²) in [6.07, 6.45) is 5.73. The zero-order valence-corrected chi connectivity index (χ0v) is 20.5. The predicted molar refractivity (Wildman–Crippen MR) is 135 cm³/mol. The second-order valence-corrected chi connectivity index (χ2v) is 10.2. The van der Waals surface area contributed by atoms with Gasteiger partial charge in [-0.3, -0.25) is 14.5 Å². The molecular formula is C26H30N2O3S2. The van der Waals surface area contributed by atoms with Gasteiger partial charge in [-0.1, -0.05) is 31.4 Å². The molecule has 2 amide bonds. The van der Waals surface area contributed by atoms with Gasteiger partial charge in [0.2, 0.25) is 11.8 Å². The lowest BCUT2D eigenvalue weighted by molar-refractivity contribution is -0.127. The number of nitrogens with one attached hydrogen (secondary N) is 1. The molecule has 33 heavy (non-hydrogen) atoms. The maximum absolute atomic E-state index is 13.7. The van der Waals surface area contributed by atoms with E-state index >= 15 is 0 Å². The Bertz CT molecular complexity index is 1010. The Labute approximate surface area is 203 Å². The predicted octanol–water partition coefficient (Wildman–Crippen LogP) is 5.97. The van der Waals surface area contributed by atoms with Gasteiger partial charge >= 0.3 is 0 Å². The summed E-state index contributed by atoms with van der Waals surface area (Å²) in [5.41, 5.74) is 0.692. The first-order valence-electron chi connectivity index (χ1n) is 11.6. The van der Waals surface area contributed by atoms with Gasteiger partial charge in [-0.25, -0.2) is 0 Å². The molecule has 0 unspecified atom stereocenters. The van der Waals surface area contributed by atoms with E-state index in [1.165, 1.54) is 17.8 Å². The van der Waals surface area contributed by atoms with Crippen LogP contribution in [0.3, 0.4) is 0 Å². The molecule has 0 spiro atoms. The number of carbonyl (C=O) groups is 2. The van der Waals surface area contributed by atoms with Gasteiger partial charge in [-0.15, -0.1) is 22.7 Å². The topological polar surface area (TPSA) is 58.6 Å². The summed E-state index contributed by atoms with van der Waals surface area (Å²) in [7, 11) is 0. The highest BCUT2D eigenvalue weighted by Crippen LogP contribution is 2.33. The maximum Gasteiger partial charge on any atom is 0.248 e. The van der Waals surface area contributed by atoms with Gasteiger partial charge in [-0.2, -0.15) is 0 Å². The number of rotatable bonds is 9. The normalized spacial score (nSPS) is 15.1. The summed E-state index contributed by atoms with van der Waals surface area (Å²) in [5, 5.41) is 7.18. The van der Waals surface area contributed by atoms with Gasteiger partial charge < -0.3 is 10.1 Å². The van der Waals surface area contributed by atoms with Crippen molar-refractivity contribution in [1.29, 1.82) is 0 Å². The van der Waals surface area contributed by atoms with Gasteiger partial charge in [0.05, 0.1) is 13.0 Å². The monoisotopic (exact) mass is 482 g/mol. The van der Waals surface area contributed by atoms with Crippen LogP contribution in [0.5, 0.6) is 5.75 Å². The molecule has 1 N–H and O–H groups in total. The molecule has 7 heteroatoms. The average Bonchev–Trinajstić information content (AvgIpc) is 3.53. The van der Waals surface area contributed by atoms with Crippen molar-refractivity contribution in [3.8, 4) is 5.75 Å². The van der Waals surface area contributed by atoms with Crippen LogP contribution in [0.25, 0.3) is 0 Å². The fourth-order valence-electron chi connectivity index (χ4n) is 4.30. The molecule has 3 aromatic rings. The summed E-state index contributed by atoms with van der Waals surface area (Å²) in [5.74, 6) is 0.530. The number of thiophene rings is 2. The highest BCUT2D eigenvalue weighted by atomic mass is 32.1. The minimum atomic E-state index is -0.711. The van der Waals surface area contributed by atoms with Crippen molar-refractivity contribution < 1.29 is 14.3 Å². The Morgan fingerprint density at radius 3 is 2.39 bits per heavy atom. The molecule has 174 valence electrons. The molecule has 1 atom stereocenters. The van der Waals surface area contributed by atoms with Crippen LogP contribution in [-0.4, -0.2) is 24.5 Å². The van der Waals surface area contributed by atoms with Crippen molar-refractivity contribution in [2.24, 2.45) is 0 Å². The summed E-state index contributed by atoms with van der Waals surface area (Å²) in [4.78, 5) is 30.9. The molecule has 1 aliphatic carbocycles. The summed E-state index contributed by atoms with van der Waals surface area (Å²) in [6.45, 7) is 2.51. The van der Waals surface area contributed by atoms with Crippen LogP contribution in [0, 0.1) is 0 Å². The first-order valence-corrected chi connectivity index (χ1v) is 13.3. The van der Waals surface area contributed by atoms with Crippen LogP contribution in [0.2, 0.25) is 0 Å². The minimum absolute atomic E-state index is 0.0983. The first kappa shape index (κ1) is 23.5. The molecule has 2 aromatic heterocycles. The van der Waals surface area contributed by atoms with Gasteiger partial charge in [0, 0.05) is 21.5 Å². The van der Waals surface area contributed by atoms with Crippen molar-refractivity contribution in [2.75, 3.05) is 11.5 Å². The third-order valence-corrected chi connectivity index (χ3v) is 7.67.